The average Bonchev–Trinajstić information content (AvgIpc) is 3.48. The summed E-state index contributed by atoms with van der Waals surface area (Å²) in [7, 11) is 0. The van der Waals surface area contributed by atoms with E-state index >= 15 is 0 Å². The van der Waals surface area contributed by atoms with Crippen LogP contribution >= 0.6 is 0 Å². The molecule has 0 radical (unpaired) electrons. The minimum absolute atomic E-state index is 0.0175. The van der Waals surface area contributed by atoms with Gasteiger partial charge in [0.05, 0.1) is 11.0 Å². The minimum atomic E-state index is 0.0175. The number of H-pyrrole nitrogens is 1. The van der Waals surface area contributed by atoms with Crippen LogP contribution in [0.4, 0.5) is 0 Å². The lowest BCUT2D eigenvalue weighted by Crippen LogP contribution is -2.40. The Balaban J connectivity index is 1.53. The molecule has 5 rings (SSSR count). The highest BCUT2D eigenvalue weighted by molar-refractivity contribution is 5.86. The Morgan fingerprint density at radius 2 is 1.73 bits per heavy atom. The Hall–Kier alpha value is -2.93. The minimum Gasteiger partial charge on any atom is -0.306 e. The van der Waals surface area contributed by atoms with E-state index in [2.05, 4.69) is 84.4 Å². The number of hydrogen-bond donors (Lipinski definition) is 1. The summed E-state index contributed by atoms with van der Waals surface area (Å²) in [5.41, 5.74) is 8.75. The first-order valence-corrected chi connectivity index (χ1v) is 14.2. The van der Waals surface area contributed by atoms with Gasteiger partial charge in [-0.2, -0.15) is 5.10 Å². The second-order valence-electron chi connectivity index (χ2n) is 11.2. The van der Waals surface area contributed by atoms with Gasteiger partial charge in [0.15, 0.2) is 5.65 Å². The summed E-state index contributed by atoms with van der Waals surface area (Å²) in [5.74, 6) is 0.316. The molecule has 3 heterocycles. The number of nitrogens with one attached hydrogen (secondary N) is 1. The van der Waals surface area contributed by atoms with E-state index in [9.17, 15) is 4.79 Å². The van der Waals surface area contributed by atoms with E-state index in [4.69, 9.17) is 0 Å². The monoisotopic (exact) mass is 502 g/mol. The van der Waals surface area contributed by atoms with Gasteiger partial charge in [-0.25, -0.2) is 14.3 Å². The fraction of sp³-hybridized carbons (Fsp3) is 0.567. The summed E-state index contributed by atoms with van der Waals surface area (Å²) in [5, 5.41) is 4.40. The van der Waals surface area contributed by atoms with Crippen molar-refractivity contribution in [1.82, 2.24) is 29.0 Å². The third kappa shape index (κ3) is 4.63. The topological polar surface area (TPSA) is 71.2 Å². The normalized spacial score (nSPS) is 18.6. The Morgan fingerprint density at radius 1 is 1.03 bits per heavy atom. The van der Waals surface area contributed by atoms with Gasteiger partial charge < -0.3 is 9.88 Å². The molecule has 1 aliphatic rings. The molecule has 0 aliphatic heterocycles. The summed E-state index contributed by atoms with van der Waals surface area (Å²) >= 11 is 0. The number of aromatic nitrogens is 5. The van der Waals surface area contributed by atoms with Crippen molar-refractivity contribution in [3.8, 4) is 11.1 Å². The van der Waals surface area contributed by atoms with Crippen LogP contribution in [-0.2, 0) is 0 Å². The Labute approximate surface area is 219 Å². The first kappa shape index (κ1) is 25.7. The predicted octanol–water partition coefficient (Wildman–Crippen LogP) is 6.39. The quantitative estimate of drug-likeness (QED) is 0.303. The highest BCUT2D eigenvalue weighted by atomic mass is 16.1. The van der Waals surface area contributed by atoms with Crippen LogP contribution in [0, 0.1) is 13.8 Å². The van der Waals surface area contributed by atoms with Crippen LogP contribution in [0.2, 0.25) is 0 Å². The average molecular weight is 503 g/mol. The third-order valence-electron chi connectivity index (χ3n) is 8.50. The number of nitrogens with zero attached hydrogens (tertiary/aromatic N) is 5. The molecule has 198 valence electrons. The molecule has 0 amide bonds. The largest absolute Gasteiger partial charge is 0.326 e. The number of hydrogen-bond acceptors (Lipinski definition) is 4. The molecular weight excluding hydrogens is 460 g/mol. The summed E-state index contributed by atoms with van der Waals surface area (Å²) in [4.78, 5) is 23.6. The number of aromatic amines is 1. The van der Waals surface area contributed by atoms with Crippen molar-refractivity contribution >= 4 is 16.7 Å². The summed E-state index contributed by atoms with van der Waals surface area (Å²) in [6.07, 6.45) is 10.5. The molecule has 1 aromatic carbocycles. The van der Waals surface area contributed by atoms with E-state index in [0.29, 0.717) is 12.0 Å². The molecule has 1 N–H and O–H groups in total. The first-order chi connectivity index (χ1) is 17.8. The highest BCUT2D eigenvalue weighted by Gasteiger charge is 2.28. The fourth-order valence-corrected chi connectivity index (χ4v) is 6.47. The van der Waals surface area contributed by atoms with E-state index in [1.165, 1.54) is 37.1 Å². The molecular formula is C30H42N6O. The lowest BCUT2D eigenvalue weighted by Gasteiger charge is -2.37. The standard InChI is InChI=1S/C30H42N6O/c1-7-13-34(14-8-2)22-9-11-23(12-10-22)36-28-16-24(19(3)4)25(15-27(28)33-30(36)37)26-17-35-29(31-18-32-35)21(6)20(26)5/h15-19,22-23H,7-14H2,1-6H3,(H,33,37). The lowest BCUT2D eigenvalue weighted by molar-refractivity contribution is 0.138. The van der Waals surface area contributed by atoms with Gasteiger partial charge in [0.2, 0.25) is 0 Å². The van der Waals surface area contributed by atoms with Crippen molar-refractivity contribution < 1.29 is 0 Å². The fourth-order valence-electron chi connectivity index (χ4n) is 6.47. The Bertz CT molecular complexity index is 1440. The molecule has 37 heavy (non-hydrogen) atoms. The molecule has 3 aromatic heterocycles. The molecule has 0 saturated heterocycles. The Kier molecular flexibility index (Phi) is 7.26. The van der Waals surface area contributed by atoms with E-state index in [-0.39, 0.29) is 11.7 Å². The molecule has 4 aromatic rings. The lowest BCUT2D eigenvalue weighted by atomic mass is 9.88. The molecule has 0 unspecified atom stereocenters. The molecule has 0 spiro atoms. The number of rotatable bonds is 8. The zero-order chi connectivity index (χ0) is 26.3. The number of imidazole rings is 1. The second-order valence-corrected chi connectivity index (χ2v) is 11.2. The van der Waals surface area contributed by atoms with Gasteiger partial charge in [0.25, 0.3) is 0 Å². The van der Waals surface area contributed by atoms with E-state index in [1.807, 2.05) is 4.52 Å². The molecule has 0 atom stereocenters. The van der Waals surface area contributed by atoms with Gasteiger partial charge in [-0.15, -0.1) is 0 Å². The maximum Gasteiger partial charge on any atom is 0.326 e. The van der Waals surface area contributed by atoms with Gasteiger partial charge >= 0.3 is 5.69 Å². The van der Waals surface area contributed by atoms with Crippen molar-refractivity contribution in [3.05, 3.63) is 51.8 Å². The molecule has 7 nitrogen and oxygen atoms in total. The maximum absolute atomic E-state index is 13.3. The zero-order valence-corrected chi connectivity index (χ0v) is 23.3. The van der Waals surface area contributed by atoms with Crippen LogP contribution in [0.1, 0.15) is 94.9 Å². The number of pyridine rings is 1. The van der Waals surface area contributed by atoms with Gasteiger partial charge in [-0.3, -0.25) is 4.57 Å². The number of fused-ring (bicyclic) bond motifs is 2. The molecule has 0 bridgehead atoms. The smallest absolute Gasteiger partial charge is 0.306 e. The second kappa shape index (κ2) is 10.4. The molecule has 1 fully saturated rings. The number of benzene rings is 1. The van der Waals surface area contributed by atoms with Gasteiger partial charge in [0.1, 0.15) is 6.33 Å². The van der Waals surface area contributed by atoms with E-state index < -0.39 is 0 Å². The van der Waals surface area contributed by atoms with Crippen molar-refractivity contribution in [3.63, 3.8) is 0 Å². The van der Waals surface area contributed by atoms with Crippen LogP contribution in [0.15, 0.2) is 29.5 Å². The van der Waals surface area contributed by atoms with Crippen LogP contribution in [0.5, 0.6) is 0 Å². The van der Waals surface area contributed by atoms with Crippen LogP contribution < -0.4 is 5.69 Å². The van der Waals surface area contributed by atoms with Crippen molar-refractivity contribution in [2.75, 3.05) is 13.1 Å². The van der Waals surface area contributed by atoms with Gasteiger partial charge in [0, 0.05) is 23.8 Å². The zero-order valence-electron chi connectivity index (χ0n) is 23.3. The summed E-state index contributed by atoms with van der Waals surface area (Å²) in [6, 6.07) is 5.35. The van der Waals surface area contributed by atoms with Gasteiger partial charge in [-0.1, -0.05) is 27.7 Å². The van der Waals surface area contributed by atoms with E-state index in [1.54, 1.807) is 6.33 Å². The van der Waals surface area contributed by atoms with Crippen LogP contribution in [-0.4, -0.2) is 48.2 Å². The van der Waals surface area contributed by atoms with Crippen molar-refractivity contribution in [2.45, 2.75) is 98.1 Å². The molecule has 7 heteroatoms. The van der Waals surface area contributed by atoms with Gasteiger partial charge in [-0.05, 0) is 106 Å². The van der Waals surface area contributed by atoms with Crippen LogP contribution in [0.25, 0.3) is 27.8 Å². The number of aryl methyl sites for hydroxylation is 1. The van der Waals surface area contributed by atoms with E-state index in [0.717, 1.165) is 59.1 Å². The third-order valence-corrected chi connectivity index (χ3v) is 8.50. The Morgan fingerprint density at radius 3 is 2.38 bits per heavy atom. The molecule has 1 saturated carbocycles. The first-order valence-electron chi connectivity index (χ1n) is 14.2. The molecule has 1 aliphatic carbocycles. The predicted molar refractivity (Wildman–Crippen MR) is 152 cm³/mol. The SMILES string of the molecule is CCCN(CCC)C1CCC(n2c(=O)[nH]c3cc(-c4cn5ncnc5c(C)c4C)c(C(C)C)cc32)CC1. The summed E-state index contributed by atoms with van der Waals surface area (Å²) in [6.45, 7) is 15.6. The summed E-state index contributed by atoms with van der Waals surface area (Å²) < 4.78 is 3.92. The highest BCUT2D eigenvalue weighted by Crippen LogP contribution is 2.38. The maximum atomic E-state index is 13.3. The van der Waals surface area contributed by atoms with Crippen molar-refractivity contribution in [1.29, 1.82) is 0 Å². The van der Waals surface area contributed by atoms with Crippen molar-refractivity contribution in [2.24, 2.45) is 0 Å². The van der Waals surface area contributed by atoms with Crippen LogP contribution in [0.3, 0.4) is 0 Å².